The highest BCUT2D eigenvalue weighted by atomic mass is 16.6. The lowest BCUT2D eigenvalue weighted by Crippen LogP contribution is -2.30. The predicted molar refractivity (Wildman–Crippen MR) is 358 cm³/mol. The SMILES string of the molecule is CCCCCCC/C=C\C/C=C\C/C=C\CCCCCCCCCCC(=O)OCC(COC(=O)CCCCCCCCCCCCCCCCCCCCCC)OC(=O)CCCCCCCCCCC/C=C\C/C=C\CCCCCCC. The fourth-order valence-corrected chi connectivity index (χ4v) is 10.8. The molecule has 0 aromatic carbocycles. The molecular weight excluding hydrogens is 1010 g/mol. The van der Waals surface area contributed by atoms with Gasteiger partial charge in [-0.1, -0.05) is 338 Å². The second-order valence-corrected chi connectivity index (χ2v) is 24.5. The van der Waals surface area contributed by atoms with Gasteiger partial charge in [-0.25, -0.2) is 0 Å². The van der Waals surface area contributed by atoms with Gasteiger partial charge in [0.2, 0.25) is 0 Å². The third kappa shape index (κ3) is 67.9. The molecular formula is C76H138O6. The lowest BCUT2D eigenvalue weighted by Gasteiger charge is -2.18. The van der Waals surface area contributed by atoms with Gasteiger partial charge in [0, 0.05) is 19.3 Å². The van der Waals surface area contributed by atoms with Crippen molar-refractivity contribution >= 4 is 17.9 Å². The molecule has 6 nitrogen and oxygen atoms in total. The van der Waals surface area contributed by atoms with E-state index in [4.69, 9.17) is 14.2 Å². The minimum absolute atomic E-state index is 0.0743. The van der Waals surface area contributed by atoms with Crippen molar-refractivity contribution in [2.24, 2.45) is 0 Å². The van der Waals surface area contributed by atoms with Gasteiger partial charge in [0.05, 0.1) is 0 Å². The second-order valence-electron chi connectivity index (χ2n) is 24.5. The molecule has 0 amide bonds. The smallest absolute Gasteiger partial charge is 0.306 e. The molecule has 478 valence electrons. The van der Waals surface area contributed by atoms with Crippen LogP contribution in [0.5, 0.6) is 0 Å². The van der Waals surface area contributed by atoms with Crippen molar-refractivity contribution < 1.29 is 28.6 Å². The maximum Gasteiger partial charge on any atom is 0.306 e. The van der Waals surface area contributed by atoms with Crippen LogP contribution in [0.15, 0.2) is 60.8 Å². The minimum Gasteiger partial charge on any atom is -0.462 e. The average molecular weight is 1150 g/mol. The van der Waals surface area contributed by atoms with Gasteiger partial charge in [-0.2, -0.15) is 0 Å². The molecule has 0 aliphatic carbocycles. The van der Waals surface area contributed by atoms with Gasteiger partial charge >= 0.3 is 17.9 Å². The highest BCUT2D eigenvalue weighted by Gasteiger charge is 2.19. The van der Waals surface area contributed by atoms with Crippen LogP contribution in [0.3, 0.4) is 0 Å². The molecule has 0 N–H and O–H groups in total. The summed E-state index contributed by atoms with van der Waals surface area (Å²) in [7, 11) is 0. The van der Waals surface area contributed by atoms with Crippen LogP contribution in [-0.4, -0.2) is 37.2 Å². The maximum atomic E-state index is 13.0. The van der Waals surface area contributed by atoms with E-state index in [1.807, 2.05) is 0 Å². The van der Waals surface area contributed by atoms with E-state index in [0.29, 0.717) is 19.3 Å². The second kappa shape index (κ2) is 70.6. The quantitative estimate of drug-likeness (QED) is 0.0261. The summed E-state index contributed by atoms with van der Waals surface area (Å²) in [4.78, 5) is 38.5. The summed E-state index contributed by atoms with van der Waals surface area (Å²) in [5, 5.41) is 0. The van der Waals surface area contributed by atoms with Gasteiger partial charge in [-0.15, -0.1) is 0 Å². The maximum absolute atomic E-state index is 13.0. The highest BCUT2D eigenvalue weighted by Crippen LogP contribution is 2.18. The predicted octanol–water partition coefficient (Wildman–Crippen LogP) is 25.1. The number of hydrogen-bond acceptors (Lipinski definition) is 6. The molecule has 0 radical (unpaired) electrons. The Morgan fingerprint density at radius 3 is 0.683 bits per heavy atom. The molecule has 0 aliphatic rings. The molecule has 0 saturated carbocycles. The van der Waals surface area contributed by atoms with Crippen LogP contribution in [0, 0.1) is 0 Å². The van der Waals surface area contributed by atoms with Crippen LogP contribution >= 0.6 is 0 Å². The Kier molecular flexibility index (Phi) is 68.1. The first kappa shape index (κ1) is 79.1. The summed E-state index contributed by atoms with van der Waals surface area (Å²) >= 11 is 0. The summed E-state index contributed by atoms with van der Waals surface area (Å²) < 4.78 is 17.0. The average Bonchev–Trinajstić information content (AvgIpc) is 3.47. The number of ether oxygens (including phenoxy) is 3. The van der Waals surface area contributed by atoms with Gasteiger partial charge in [0.15, 0.2) is 6.10 Å². The van der Waals surface area contributed by atoms with E-state index < -0.39 is 6.10 Å². The zero-order valence-electron chi connectivity index (χ0n) is 55.0. The van der Waals surface area contributed by atoms with Gasteiger partial charge in [-0.05, 0) is 89.9 Å². The Morgan fingerprint density at radius 1 is 0.244 bits per heavy atom. The normalized spacial score (nSPS) is 12.4. The van der Waals surface area contributed by atoms with E-state index in [2.05, 4.69) is 81.5 Å². The van der Waals surface area contributed by atoms with Crippen LogP contribution in [0.4, 0.5) is 0 Å². The van der Waals surface area contributed by atoms with Crippen molar-refractivity contribution in [1.82, 2.24) is 0 Å². The number of allylic oxidation sites excluding steroid dienone is 10. The van der Waals surface area contributed by atoms with Gasteiger partial charge in [0.25, 0.3) is 0 Å². The van der Waals surface area contributed by atoms with Crippen LogP contribution in [-0.2, 0) is 28.6 Å². The first-order valence-corrected chi connectivity index (χ1v) is 36.3. The van der Waals surface area contributed by atoms with Crippen LogP contribution in [0.25, 0.3) is 0 Å². The lowest BCUT2D eigenvalue weighted by molar-refractivity contribution is -0.167. The number of carbonyl (C=O) groups is 3. The molecule has 0 saturated heterocycles. The first-order valence-electron chi connectivity index (χ1n) is 36.3. The molecule has 0 spiro atoms. The number of hydrogen-bond donors (Lipinski definition) is 0. The number of rotatable bonds is 67. The van der Waals surface area contributed by atoms with E-state index in [1.165, 1.54) is 263 Å². The molecule has 0 aromatic heterocycles. The summed E-state index contributed by atoms with van der Waals surface area (Å²) in [6.45, 7) is 6.68. The van der Waals surface area contributed by atoms with Crippen molar-refractivity contribution in [3.8, 4) is 0 Å². The van der Waals surface area contributed by atoms with Crippen molar-refractivity contribution in [2.45, 2.75) is 393 Å². The molecule has 1 unspecified atom stereocenters. The van der Waals surface area contributed by atoms with Gasteiger partial charge < -0.3 is 14.2 Å². The molecule has 0 rings (SSSR count). The van der Waals surface area contributed by atoms with Crippen LogP contribution < -0.4 is 0 Å². The zero-order valence-corrected chi connectivity index (χ0v) is 55.0. The van der Waals surface area contributed by atoms with E-state index in [1.54, 1.807) is 0 Å². The number of esters is 3. The minimum atomic E-state index is -0.781. The monoisotopic (exact) mass is 1150 g/mol. The molecule has 0 bridgehead atoms. The first-order chi connectivity index (χ1) is 40.5. The molecule has 1 atom stereocenters. The van der Waals surface area contributed by atoms with Gasteiger partial charge in [-0.3, -0.25) is 14.4 Å². The summed E-state index contributed by atoms with van der Waals surface area (Å²) in [5.74, 6) is -0.860. The van der Waals surface area contributed by atoms with E-state index in [-0.39, 0.29) is 31.1 Å². The summed E-state index contributed by atoms with van der Waals surface area (Å²) in [5.41, 5.74) is 0. The largest absolute Gasteiger partial charge is 0.462 e. The fraction of sp³-hybridized carbons (Fsp3) is 0.829. The summed E-state index contributed by atoms with van der Waals surface area (Å²) in [6.07, 6.45) is 91.0. The fourth-order valence-electron chi connectivity index (χ4n) is 10.8. The third-order valence-corrected chi connectivity index (χ3v) is 16.2. The van der Waals surface area contributed by atoms with Crippen molar-refractivity contribution in [3.63, 3.8) is 0 Å². The molecule has 0 heterocycles. The van der Waals surface area contributed by atoms with Crippen molar-refractivity contribution in [3.05, 3.63) is 60.8 Å². The van der Waals surface area contributed by atoms with Crippen LogP contribution in [0.2, 0.25) is 0 Å². The standard InChI is InChI=1S/C76H138O6/c1-4-7-10-13-16-19-22-25-28-31-34-37-38-40-42-45-48-51-54-57-60-63-66-69-75(78)81-72-73(71-80-74(77)68-65-62-59-56-53-50-47-44-41-36-33-30-27-24-21-18-15-12-9-6-3)82-76(79)70-67-64-61-58-55-52-49-46-43-39-35-32-29-26-23-20-17-14-11-8-5-2/h22-23,25-26,31-32,34-35,38,40,73H,4-21,24,27-30,33,36-37,39,41-72H2,1-3H3/b25-22-,26-23-,34-31-,35-32-,40-38-. The third-order valence-electron chi connectivity index (χ3n) is 16.2. The molecule has 0 aromatic rings. The van der Waals surface area contributed by atoms with E-state index >= 15 is 0 Å². The molecule has 82 heavy (non-hydrogen) atoms. The molecule has 0 fully saturated rings. The lowest BCUT2D eigenvalue weighted by atomic mass is 10.0. The molecule has 0 aliphatic heterocycles. The number of unbranched alkanes of at least 4 members (excludes halogenated alkanes) is 46. The van der Waals surface area contributed by atoms with Crippen molar-refractivity contribution in [2.75, 3.05) is 13.2 Å². The Labute approximate surface area is 510 Å². The Morgan fingerprint density at radius 2 is 0.439 bits per heavy atom. The van der Waals surface area contributed by atoms with Crippen molar-refractivity contribution in [1.29, 1.82) is 0 Å². The highest BCUT2D eigenvalue weighted by molar-refractivity contribution is 5.71. The van der Waals surface area contributed by atoms with Gasteiger partial charge in [0.1, 0.15) is 13.2 Å². The Balaban J connectivity index is 4.36. The summed E-state index contributed by atoms with van der Waals surface area (Å²) in [6, 6.07) is 0. The topological polar surface area (TPSA) is 78.9 Å². The van der Waals surface area contributed by atoms with Crippen LogP contribution in [0.1, 0.15) is 387 Å². The Bertz CT molecular complexity index is 1460. The van der Waals surface area contributed by atoms with E-state index in [0.717, 1.165) is 83.5 Å². The molecule has 6 heteroatoms. The number of carbonyl (C=O) groups excluding carboxylic acids is 3. The Hall–Kier alpha value is -2.89. The zero-order chi connectivity index (χ0) is 59.2. The van der Waals surface area contributed by atoms with E-state index in [9.17, 15) is 14.4 Å².